The summed E-state index contributed by atoms with van der Waals surface area (Å²) in [6.07, 6.45) is 2.60. The molecule has 11 nitrogen and oxygen atoms in total. The third kappa shape index (κ3) is 3.95. The van der Waals surface area contributed by atoms with Gasteiger partial charge in [0.15, 0.2) is 0 Å². The Bertz CT molecular complexity index is 1360. The number of nitrogens with one attached hydrogen (secondary N) is 1. The quantitative estimate of drug-likeness (QED) is 0.364. The van der Waals surface area contributed by atoms with Crippen molar-refractivity contribution >= 4 is 22.5 Å². The van der Waals surface area contributed by atoms with Crippen molar-refractivity contribution in [3.8, 4) is 5.69 Å². The van der Waals surface area contributed by atoms with E-state index in [1.54, 1.807) is 24.3 Å². The summed E-state index contributed by atoms with van der Waals surface area (Å²) < 4.78 is 1.26. The first-order chi connectivity index (χ1) is 15.3. The van der Waals surface area contributed by atoms with E-state index < -0.39 is 10.8 Å². The largest absolute Gasteiger partial charge is 0.329 e. The minimum Gasteiger partial charge on any atom is -0.329 e. The second kappa shape index (κ2) is 8.38. The maximum atomic E-state index is 13.3. The van der Waals surface area contributed by atoms with Crippen LogP contribution in [0.2, 0.25) is 0 Å². The van der Waals surface area contributed by atoms with Crippen molar-refractivity contribution in [2.24, 2.45) is 0 Å². The van der Waals surface area contributed by atoms with Crippen LogP contribution < -0.4 is 5.56 Å². The predicted octanol–water partition coefficient (Wildman–Crippen LogP) is 2.46. The molecule has 0 aliphatic heterocycles. The highest BCUT2D eigenvalue weighted by Crippen LogP contribution is 2.25. The van der Waals surface area contributed by atoms with Gasteiger partial charge >= 0.3 is 0 Å². The molecule has 0 saturated heterocycles. The highest BCUT2D eigenvalue weighted by atomic mass is 16.6. The number of hydrogen-bond acceptors (Lipinski definition) is 7. The first-order valence-electron chi connectivity index (χ1n) is 9.77. The van der Waals surface area contributed by atoms with Crippen LogP contribution >= 0.6 is 0 Å². The fraction of sp³-hybridized carbons (Fsp3) is 0.190. The highest BCUT2D eigenvalue weighted by Gasteiger charge is 2.25. The van der Waals surface area contributed by atoms with Gasteiger partial charge in [0.25, 0.3) is 17.2 Å². The van der Waals surface area contributed by atoms with Gasteiger partial charge in [-0.3, -0.25) is 19.7 Å². The Balaban J connectivity index is 1.69. The summed E-state index contributed by atoms with van der Waals surface area (Å²) in [5.74, 6) is -0.103. The molecular formula is C21H19N7O4. The van der Waals surface area contributed by atoms with Crippen LogP contribution in [-0.4, -0.2) is 46.5 Å². The minimum atomic E-state index is -0.574. The van der Waals surface area contributed by atoms with Gasteiger partial charge in [-0.2, -0.15) is 5.10 Å². The van der Waals surface area contributed by atoms with E-state index in [4.69, 9.17) is 0 Å². The Kier molecular flexibility index (Phi) is 5.46. The van der Waals surface area contributed by atoms with Gasteiger partial charge in [0.1, 0.15) is 24.2 Å². The van der Waals surface area contributed by atoms with Crippen molar-refractivity contribution in [2.75, 3.05) is 0 Å². The summed E-state index contributed by atoms with van der Waals surface area (Å²) in [5.41, 5.74) is 0.283. The van der Waals surface area contributed by atoms with Crippen LogP contribution in [0.3, 0.4) is 0 Å². The Morgan fingerprint density at radius 1 is 1.25 bits per heavy atom. The number of rotatable bonds is 6. The SMILES string of the molecule is CC(C)N(Cc1nc2ccccc2c(=O)[nH]1)C(=O)c1ccc(-n2cncn2)c([N+](=O)[O-])c1. The average molecular weight is 433 g/mol. The second-order valence-electron chi connectivity index (χ2n) is 7.36. The normalized spacial score (nSPS) is 11.1. The summed E-state index contributed by atoms with van der Waals surface area (Å²) in [6, 6.07) is 10.8. The number of carbonyl (C=O) groups is 1. The predicted molar refractivity (Wildman–Crippen MR) is 115 cm³/mol. The summed E-state index contributed by atoms with van der Waals surface area (Å²) in [6.45, 7) is 3.67. The number of H-pyrrole nitrogens is 1. The third-order valence-corrected chi connectivity index (χ3v) is 4.95. The molecule has 0 fully saturated rings. The minimum absolute atomic E-state index is 0.0369. The number of fused-ring (bicyclic) bond motifs is 1. The first-order valence-corrected chi connectivity index (χ1v) is 9.77. The van der Waals surface area contributed by atoms with E-state index in [2.05, 4.69) is 20.1 Å². The molecule has 162 valence electrons. The van der Waals surface area contributed by atoms with Crippen molar-refractivity contribution in [3.05, 3.63) is 87.0 Å². The lowest BCUT2D eigenvalue weighted by atomic mass is 10.1. The first kappa shape index (κ1) is 20.8. The Hall–Kier alpha value is -4.41. The summed E-state index contributed by atoms with van der Waals surface area (Å²) in [7, 11) is 0. The smallest absolute Gasteiger partial charge is 0.295 e. The van der Waals surface area contributed by atoms with E-state index in [0.717, 1.165) is 0 Å². The van der Waals surface area contributed by atoms with Gasteiger partial charge in [0, 0.05) is 17.7 Å². The molecule has 11 heteroatoms. The molecule has 1 N–H and O–H groups in total. The standard InChI is InChI=1S/C21H19N7O4/c1-13(2)26(10-19-24-16-6-4-3-5-15(16)20(29)25-19)21(30)14-7-8-17(18(9-14)28(31)32)27-12-22-11-23-27/h3-9,11-13H,10H2,1-2H3,(H,24,25,29). The molecule has 2 aromatic heterocycles. The number of nitrogens with zero attached hydrogens (tertiary/aromatic N) is 6. The van der Waals surface area contributed by atoms with Crippen molar-refractivity contribution < 1.29 is 9.72 Å². The van der Waals surface area contributed by atoms with Crippen LogP contribution in [0.4, 0.5) is 5.69 Å². The number of para-hydroxylation sites is 1. The van der Waals surface area contributed by atoms with Crippen molar-refractivity contribution in [1.29, 1.82) is 0 Å². The maximum absolute atomic E-state index is 13.3. The number of amides is 1. The van der Waals surface area contributed by atoms with Gasteiger partial charge < -0.3 is 9.88 Å². The lowest BCUT2D eigenvalue weighted by molar-refractivity contribution is -0.384. The molecule has 4 aromatic rings. The van der Waals surface area contributed by atoms with Gasteiger partial charge in [0.05, 0.1) is 22.4 Å². The van der Waals surface area contributed by atoms with Gasteiger partial charge in [0.2, 0.25) is 0 Å². The van der Waals surface area contributed by atoms with Crippen molar-refractivity contribution in [1.82, 2.24) is 29.6 Å². The summed E-state index contributed by atoms with van der Waals surface area (Å²) >= 11 is 0. The number of aromatic nitrogens is 5. The fourth-order valence-corrected chi connectivity index (χ4v) is 3.35. The highest BCUT2D eigenvalue weighted by molar-refractivity contribution is 5.95. The number of nitro groups is 1. The monoisotopic (exact) mass is 433 g/mol. The Morgan fingerprint density at radius 3 is 2.72 bits per heavy atom. The molecule has 4 rings (SSSR count). The van der Waals surface area contributed by atoms with Crippen LogP contribution in [0.15, 0.2) is 59.9 Å². The van der Waals surface area contributed by atoms with Crippen LogP contribution in [0.1, 0.15) is 30.0 Å². The lowest BCUT2D eigenvalue weighted by Crippen LogP contribution is -2.37. The molecule has 0 bridgehead atoms. The molecule has 1 amide bonds. The van der Waals surface area contributed by atoms with Crippen molar-refractivity contribution in [2.45, 2.75) is 26.4 Å². The van der Waals surface area contributed by atoms with E-state index in [0.29, 0.717) is 16.7 Å². The number of benzene rings is 2. The van der Waals surface area contributed by atoms with E-state index >= 15 is 0 Å². The molecule has 0 unspecified atom stereocenters. The number of nitro benzene ring substituents is 1. The molecule has 0 radical (unpaired) electrons. The fourth-order valence-electron chi connectivity index (χ4n) is 3.35. The molecule has 32 heavy (non-hydrogen) atoms. The summed E-state index contributed by atoms with van der Waals surface area (Å²) in [4.78, 5) is 49.1. The van der Waals surface area contributed by atoms with E-state index in [1.165, 1.54) is 40.4 Å². The zero-order valence-electron chi connectivity index (χ0n) is 17.3. The number of carbonyl (C=O) groups excluding carboxylic acids is 1. The van der Waals surface area contributed by atoms with Gasteiger partial charge in [-0.1, -0.05) is 12.1 Å². The molecule has 2 aromatic carbocycles. The number of aromatic amines is 1. The zero-order valence-corrected chi connectivity index (χ0v) is 17.3. The van der Waals surface area contributed by atoms with Gasteiger partial charge in [-0.25, -0.2) is 14.6 Å². The van der Waals surface area contributed by atoms with Gasteiger partial charge in [-0.15, -0.1) is 0 Å². The summed E-state index contributed by atoms with van der Waals surface area (Å²) in [5, 5.41) is 16.0. The van der Waals surface area contributed by atoms with E-state index in [-0.39, 0.29) is 35.1 Å². The topological polar surface area (TPSA) is 140 Å². The van der Waals surface area contributed by atoms with Crippen LogP contribution in [0, 0.1) is 10.1 Å². The number of hydrogen-bond donors (Lipinski definition) is 1. The Labute approximate surface area is 181 Å². The molecule has 0 saturated carbocycles. The van der Waals surface area contributed by atoms with Crippen LogP contribution in [-0.2, 0) is 6.54 Å². The molecule has 0 aliphatic carbocycles. The van der Waals surface area contributed by atoms with E-state index in [1.807, 2.05) is 13.8 Å². The van der Waals surface area contributed by atoms with Crippen LogP contribution in [0.25, 0.3) is 16.6 Å². The third-order valence-electron chi connectivity index (χ3n) is 4.95. The second-order valence-corrected chi connectivity index (χ2v) is 7.36. The molecular weight excluding hydrogens is 414 g/mol. The molecule has 2 heterocycles. The lowest BCUT2D eigenvalue weighted by Gasteiger charge is -2.26. The molecule has 0 atom stereocenters. The zero-order chi connectivity index (χ0) is 22.8. The van der Waals surface area contributed by atoms with Crippen LogP contribution in [0.5, 0.6) is 0 Å². The van der Waals surface area contributed by atoms with Crippen molar-refractivity contribution in [3.63, 3.8) is 0 Å². The average Bonchev–Trinajstić information content (AvgIpc) is 3.31. The van der Waals surface area contributed by atoms with Gasteiger partial charge in [-0.05, 0) is 38.1 Å². The molecule has 0 spiro atoms. The van der Waals surface area contributed by atoms with E-state index in [9.17, 15) is 19.7 Å². The molecule has 0 aliphatic rings. The maximum Gasteiger partial charge on any atom is 0.295 e. The Morgan fingerprint density at radius 2 is 2.03 bits per heavy atom.